The molecule has 0 aliphatic heterocycles. The maximum atomic E-state index is 14.8. The fourth-order valence-electron chi connectivity index (χ4n) is 6.20. The molecular formula is C30H39ClF2O2. The van der Waals surface area contributed by atoms with E-state index >= 15 is 0 Å². The van der Waals surface area contributed by atoms with E-state index in [1.54, 1.807) is 31.2 Å². The third-order valence-electron chi connectivity index (χ3n) is 8.21. The maximum Gasteiger partial charge on any atom is 0.165 e. The molecule has 35 heavy (non-hydrogen) atoms. The first-order valence-electron chi connectivity index (χ1n) is 13.5. The lowest BCUT2D eigenvalue weighted by Gasteiger charge is -2.37. The monoisotopic (exact) mass is 504 g/mol. The predicted octanol–water partition coefficient (Wildman–Crippen LogP) is 9.48. The topological polar surface area (TPSA) is 18.5 Å². The smallest absolute Gasteiger partial charge is 0.165 e. The molecular weight excluding hydrogens is 466 g/mol. The third kappa shape index (κ3) is 6.50. The van der Waals surface area contributed by atoms with E-state index < -0.39 is 11.6 Å². The molecule has 2 fully saturated rings. The van der Waals surface area contributed by atoms with E-state index in [-0.39, 0.29) is 22.1 Å². The Kier molecular flexibility index (Phi) is 9.33. The number of ether oxygens (including phenoxy) is 2. The van der Waals surface area contributed by atoms with Crippen molar-refractivity contribution >= 4 is 11.6 Å². The maximum absolute atomic E-state index is 14.8. The summed E-state index contributed by atoms with van der Waals surface area (Å²) in [7, 11) is 0. The molecule has 0 radical (unpaired) electrons. The summed E-state index contributed by atoms with van der Waals surface area (Å²) in [4.78, 5) is 0. The first-order valence-corrected chi connectivity index (χ1v) is 13.9. The van der Waals surface area contributed by atoms with Crippen LogP contribution in [0.15, 0.2) is 30.3 Å². The van der Waals surface area contributed by atoms with Crippen LogP contribution in [0.25, 0.3) is 11.1 Å². The molecule has 0 atom stereocenters. The van der Waals surface area contributed by atoms with Gasteiger partial charge in [-0.1, -0.05) is 50.3 Å². The molecule has 0 aromatic heterocycles. The molecule has 0 spiro atoms. The average Bonchev–Trinajstić information content (AvgIpc) is 2.87. The molecule has 2 aromatic carbocycles. The lowest BCUT2D eigenvalue weighted by Crippen LogP contribution is -2.27. The molecule has 0 saturated heterocycles. The van der Waals surface area contributed by atoms with Crippen molar-refractivity contribution in [2.24, 2.45) is 23.7 Å². The minimum atomic E-state index is -0.610. The van der Waals surface area contributed by atoms with Crippen molar-refractivity contribution in [2.75, 3.05) is 13.2 Å². The summed E-state index contributed by atoms with van der Waals surface area (Å²) in [5.41, 5.74) is 0.664. The molecule has 2 saturated carbocycles. The lowest BCUT2D eigenvalue weighted by atomic mass is 9.69. The van der Waals surface area contributed by atoms with Crippen molar-refractivity contribution in [2.45, 2.75) is 78.1 Å². The Labute approximate surface area is 214 Å². The second-order valence-corrected chi connectivity index (χ2v) is 10.9. The highest BCUT2D eigenvalue weighted by Gasteiger charge is 2.31. The Morgan fingerprint density at radius 3 is 2.03 bits per heavy atom. The van der Waals surface area contributed by atoms with Crippen molar-refractivity contribution in [3.8, 4) is 22.6 Å². The van der Waals surface area contributed by atoms with Crippen LogP contribution in [0, 0.1) is 35.3 Å². The van der Waals surface area contributed by atoms with E-state index in [9.17, 15) is 8.78 Å². The van der Waals surface area contributed by atoms with Gasteiger partial charge < -0.3 is 9.47 Å². The molecule has 5 heteroatoms. The number of rotatable bonds is 9. The Balaban J connectivity index is 1.28. The van der Waals surface area contributed by atoms with Crippen LogP contribution in [-0.2, 0) is 0 Å². The van der Waals surface area contributed by atoms with E-state index in [4.69, 9.17) is 21.1 Å². The summed E-state index contributed by atoms with van der Waals surface area (Å²) in [6.45, 7) is 5.03. The number of benzene rings is 2. The van der Waals surface area contributed by atoms with Crippen LogP contribution < -0.4 is 9.47 Å². The third-order valence-corrected chi connectivity index (χ3v) is 8.56. The summed E-state index contributed by atoms with van der Waals surface area (Å²) in [6, 6.07) is 7.76. The van der Waals surface area contributed by atoms with Crippen molar-refractivity contribution in [1.29, 1.82) is 0 Å². The molecule has 0 N–H and O–H groups in total. The fraction of sp³-hybridized carbons (Fsp3) is 0.600. The molecule has 0 amide bonds. The highest BCUT2D eigenvalue weighted by Crippen LogP contribution is 2.42. The normalized spacial score (nSPS) is 24.8. The van der Waals surface area contributed by atoms with Crippen molar-refractivity contribution < 1.29 is 18.3 Å². The summed E-state index contributed by atoms with van der Waals surface area (Å²) in [6.07, 6.45) is 13.3. The molecule has 192 valence electrons. The molecule has 0 bridgehead atoms. The van der Waals surface area contributed by atoms with Gasteiger partial charge >= 0.3 is 0 Å². The van der Waals surface area contributed by atoms with Crippen molar-refractivity contribution in [1.82, 2.24) is 0 Å². The van der Waals surface area contributed by atoms with Gasteiger partial charge in [-0.05, 0) is 98.9 Å². The zero-order valence-electron chi connectivity index (χ0n) is 21.1. The van der Waals surface area contributed by atoms with Gasteiger partial charge in [0, 0.05) is 5.56 Å². The SMILES string of the molecule is CCCC1CCC(C2CCC(COc3ccc(-c4ccc(OCC)c(Cl)c4F)cc3F)CC2)CC1. The van der Waals surface area contributed by atoms with E-state index in [0.29, 0.717) is 24.7 Å². The highest BCUT2D eigenvalue weighted by atomic mass is 35.5. The molecule has 2 aliphatic rings. The lowest BCUT2D eigenvalue weighted by molar-refractivity contribution is 0.120. The Hall–Kier alpha value is -1.81. The van der Waals surface area contributed by atoms with Crippen LogP contribution in [0.1, 0.15) is 78.1 Å². The standard InChI is InChI=1S/C30H39ClF2O2/c1-3-5-20-6-10-22(11-7-20)23-12-8-21(9-13-23)19-35-27-16-14-24(18-26(27)32)25-15-17-28(34-4-2)29(31)30(25)33/h14-18,20-23H,3-13,19H2,1-2H3. The van der Waals surface area contributed by atoms with E-state index in [1.807, 2.05) is 0 Å². The Bertz CT molecular complexity index is 963. The summed E-state index contributed by atoms with van der Waals surface area (Å²) in [5.74, 6) is 2.63. The zero-order valence-corrected chi connectivity index (χ0v) is 21.9. The first-order chi connectivity index (χ1) is 17.0. The van der Waals surface area contributed by atoms with Gasteiger partial charge in [-0.25, -0.2) is 8.78 Å². The quantitative estimate of drug-likeness (QED) is 0.338. The summed E-state index contributed by atoms with van der Waals surface area (Å²) >= 11 is 6.09. The summed E-state index contributed by atoms with van der Waals surface area (Å²) < 4.78 is 40.8. The van der Waals surface area contributed by atoms with Crippen LogP contribution in [0.5, 0.6) is 11.5 Å². The molecule has 0 unspecified atom stereocenters. The zero-order chi connectivity index (χ0) is 24.8. The van der Waals surface area contributed by atoms with Crippen LogP contribution in [0.4, 0.5) is 8.78 Å². The fourth-order valence-corrected chi connectivity index (χ4v) is 6.42. The molecule has 2 nitrogen and oxygen atoms in total. The van der Waals surface area contributed by atoms with E-state index in [0.717, 1.165) is 30.6 Å². The van der Waals surface area contributed by atoms with Crippen LogP contribution in [0.2, 0.25) is 5.02 Å². The Morgan fingerprint density at radius 2 is 1.43 bits per heavy atom. The minimum absolute atomic E-state index is 0.0882. The van der Waals surface area contributed by atoms with Gasteiger partial charge in [0.05, 0.1) is 13.2 Å². The summed E-state index contributed by atoms with van der Waals surface area (Å²) in [5, 5.41) is -0.0882. The number of halogens is 3. The molecule has 2 aliphatic carbocycles. The average molecular weight is 505 g/mol. The van der Waals surface area contributed by atoms with Gasteiger partial charge in [0.15, 0.2) is 17.4 Å². The highest BCUT2D eigenvalue weighted by molar-refractivity contribution is 6.32. The second kappa shape index (κ2) is 12.4. The molecule has 0 heterocycles. The second-order valence-electron chi connectivity index (χ2n) is 10.5. The predicted molar refractivity (Wildman–Crippen MR) is 139 cm³/mol. The van der Waals surface area contributed by atoms with E-state index in [2.05, 4.69) is 6.92 Å². The molecule has 2 aromatic rings. The van der Waals surface area contributed by atoms with Crippen LogP contribution in [-0.4, -0.2) is 13.2 Å². The van der Waals surface area contributed by atoms with Gasteiger partial charge in [-0.3, -0.25) is 0 Å². The molecule has 4 rings (SSSR count). The largest absolute Gasteiger partial charge is 0.492 e. The van der Waals surface area contributed by atoms with Crippen LogP contribution >= 0.6 is 11.6 Å². The van der Waals surface area contributed by atoms with Gasteiger partial charge in [0.1, 0.15) is 10.8 Å². The first kappa shape index (κ1) is 26.3. The minimum Gasteiger partial charge on any atom is -0.492 e. The van der Waals surface area contributed by atoms with Gasteiger partial charge in [0.2, 0.25) is 0 Å². The van der Waals surface area contributed by atoms with Gasteiger partial charge in [-0.2, -0.15) is 0 Å². The van der Waals surface area contributed by atoms with Gasteiger partial charge in [-0.15, -0.1) is 0 Å². The number of hydrogen-bond donors (Lipinski definition) is 0. The van der Waals surface area contributed by atoms with Crippen molar-refractivity contribution in [3.63, 3.8) is 0 Å². The van der Waals surface area contributed by atoms with Gasteiger partial charge in [0.25, 0.3) is 0 Å². The van der Waals surface area contributed by atoms with Crippen molar-refractivity contribution in [3.05, 3.63) is 47.0 Å². The van der Waals surface area contributed by atoms with E-state index in [1.165, 1.54) is 57.4 Å². The number of hydrogen-bond acceptors (Lipinski definition) is 2. The Morgan fingerprint density at radius 1 is 0.800 bits per heavy atom. The van der Waals surface area contributed by atoms with Crippen LogP contribution in [0.3, 0.4) is 0 Å².